The quantitative estimate of drug-likeness (QED) is 0.204. The van der Waals surface area contributed by atoms with Crippen LogP contribution in [0.3, 0.4) is 0 Å². The van der Waals surface area contributed by atoms with Crippen molar-refractivity contribution in [2.24, 2.45) is 0 Å². The van der Waals surface area contributed by atoms with E-state index in [1.165, 1.54) is 6.92 Å². The lowest BCUT2D eigenvalue weighted by Crippen LogP contribution is -2.23. The zero-order valence-corrected chi connectivity index (χ0v) is 19.1. The van der Waals surface area contributed by atoms with Gasteiger partial charge in [0.05, 0.1) is 27.2 Å². The normalized spacial score (nSPS) is 11.4. The summed E-state index contributed by atoms with van der Waals surface area (Å²) in [4.78, 5) is 21.5. The van der Waals surface area contributed by atoms with Crippen molar-refractivity contribution in [2.75, 3.05) is 11.4 Å². The Morgan fingerprint density at radius 3 is 1.96 bits per heavy atom. The Morgan fingerprint density at radius 1 is 1.04 bits per heavy atom. The minimum absolute atomic E-state index is 0.0699. The van der Waals surface area contributed by atoms with Gasteiger partial charge in [-0.2, -0.15) is 13.2 Å². The van der Waals surface area contributed by atoms with E-state index in [0.717, 1.165) is 8.47 Å². The molecule has 0 N–H and O–H groups in total. The average Bonchev–Trinajstić information content (AvgIpc) is 2.55. The molecule has 0 unspecified atom stereocenters. The molecule has 0 fully saturated rings. The van der Waals surface area contributed by atoms with Crippen LogP contribution < -0.4 is 4.90 Å². The topological polar surface area (TPSA) is 89.5 Å². The molecule has 28 heavy (non-hydrogen) atoms. The molecule has 0 aromatic heterocycles. The number of nitro benzene ring substituents is 2. The second-order valence-corrected chi connectivity index (χ2v) is 8.29. The largest absolute Gasteiger partial charge is 0.418 e. The monoisotopic (exact) mass is 637 g/mol. The standard InChI is InChI=1S/C15H9Br2F3IN3O4/c1-2-22(14-10(16)3-7(21)4-11(14)17)13-9(15(18,19)20)5-8(23(25)26)6-12(13)24(27)28/h3-6H,2H2,1H3. The van der Waals surface area contributed by atoms with Gasteiger partial charge < -0.3 is 4.90 Å². The third-order valence-electron chi connectivity index (χ3n) is 3.63. The Balaban J connectivity index is 2.96. The minimum Gasteiger partial charge on any atom is -0.334 e. The summed E-state index contributed by atoms with van der Waals surface area (Å²) in [5.74, 6) is 0. The van der Waals surface area contributed by atoms with Crippen LogP contribution in [0.15, 0.2) is 33.2 Å². The first-order valence-corrected chi connectivity index (χ1v) is 10.0. The summed E-state index contributed by atoms with van der Waals surface area (Å²) in [5.41, 5.74) is -4.04. The highest BCUT2D eigenvalue weighted by molar-refractivity contribution is 14.1. The number of non-ortho nitro benzene ring substituents is 1. The maximum Gasteiger partial charge on any atom is 0.418 e. The van der Waals surface area contributed by atoms with Gasteiger partial charge in [0, 0.05) is 25.1 Å². The molecular formula is C15H9Br2F3IN3O4. The van der Waals surface area contributed by atoms with Crippen molar-refractivity contribution >= 4 is 77.2 Å². The van der Waals surface area contributed by atoms with Gasteiger partial charge in [-0.25, -0.2) is 0 Å². The zero-order chi connectivity index (χ0) is 21.4. The smallest absolute Gasteiger partial charge is 0.334 e. The van der Waals surface area contributed by atoms with Gasteiger partial charge in [0.25, 0.3) is 11.4 Å². The Bertz CT molecular complexity index is 949. The molecule has 150 valence electrons. The van der Waals surface area contributed by atoms with Crippen LogP contribution in [0.5, 0.6) is 0 Å². The van der Waals surface area contributed by atoms with Crippen molar-refractivity contribution in [1.29, 1.82) is 0 Å². The van der Waals surface area contributed by atoms with E-state index in [-0.39, 0.29) is 12.2 Å². The third-order valence-corrected chi connectivity index (χ3v) is 5.46. The van der Waals surface area contributed by atoms with Crippen molar-refractivity contribution in [2.45, 2.75) is 13.1 Å². The van der Waals surface area contributed by atoms with Crippen LogP contribution in [-0.4, -0.2) is 16.4 Å². The van der Waals surface area contributed by atoms with Crippen molar-refractivity contribution in [3.8, 4) is 0 Å². The summed E-state index contributed by atoms with van der Waals surface area (Å²) in [6.07, 6.45) is -5.05. The van der Waals surface area contributed by atoms with Gasteiger partial charge in [-0.1, -0.05) is 0 Å². The first-order chi connectivity index (χ1) is 12.9. The SMILES string of the molecule is CCN(c1c(Br)cc(I)cc1Br)c1c([N+](=O)[O-])cc([N+](=O)[O-])cc1C(F)(F)F. The van der Waals surface area contributed by atoms with Gasteiger partial charge in [-0.05, 0) is 73.5 Å². The highest BCUT2D eigenvalue weighted by atomic mass is 127. The van der Waals surface area contributed by atoms with E-state index in [4.69, 9.17) is 0 Å². The molecular weight excluding hydrogens is 630 g/mol. The first-order valence-electron chi connectivity index (χ1n) is 7.34. The minimum atomic E-state index is -5.05. The van der Waals surface area contributed by atoms with Crippen molar-refractivity contribution in [1.82, 2.24) is 0 Å². The van der Waals surface area contributed by atoms with Gasteiger partial charge in [-0.15, -0.1) is 0 Å². The van der Waals surface area contributed by atoms with Crippen LogP contribution in [0.25, 0.3) is 0 Å². The average molecular weight is 639 g/mol. The summed E-state index contributed by atoms with van der Waals surface area (Å²) in [5, 5.41) is 22.5. The molecule has 0 aliphatic carbocycles. The third kappa shape index (κ3) is 4.56. The maximum absolute atomic E-state index is 13.7. The number of hydrogen-bond donors (Lipinski definition) is 0. The number of benzene rings is 2. The van der Waals surface area contributed by atoms with Crippen LogP contribution in [0.2, 0.25) is 0 Å². The van der Waals surface area contributed by atoms with Crippen LogP contribution in [0.1, 0.15) is 12.5 Å². The summed E-state index contributed by atoms with van der Waals surface area (Å²) in [6, 6.07) is 4.10. The van der Waals surface area contributed by atoms with Crippen LogP contribution >= 0.6 is 54.5 Å². The fourth-order valence-corrected chi connectivity index (χ4v) is 5.66. The Morgan fingerprint density at radius 2 is 1.57 bits per heavy atom. The maximum atomic E-state index is 13.7. The lowest BCUT2D eigenvalue weighted by atomic mass is 10.1. The molecule has 0 spiro atoms. The van der Waals surface area contributed by atoms with Gasteiger partial charge >= 0.3 is 6.18 Å². The fraction of sp³-hybridized carbons (Fsp3) is 0.200. The van der Waals surface area contributed by atoms with Gasteiger partial charge in [0.15, 0.2) is 0 Å². The summed E-state index contributed by atoms with van der Waals surface area (Å²) in [7, 11) is 0. The molecule has 2 rings (SSSR count). The van der Waals surface area contributed by atoms with Gasteiger partial charge in [-0.3, -0.25) is 20.2 Å². The number of hydrogen-bond acceptors (Lipinski definition) is 5. The zero-order valence-electron chi connectivity index (χ0n) is 13.8. The lowest BCUT2D eigenvalue weighted by molar-refractivity contribution is -0.394. The predicted octanol–water partition coefficient (Wildman–Crippen LogP) is 6.81. The molecule has 0 atom stereocenters. The summed E-state index contributed by atoms with van der Waals surface area (Å²) >= 11 is 8.55. The second kappa shape index (κ2) is 8.49. The van der Waals surface area contributed by atoms with Crippen molar-refractivity contribution in [3.63, 3.8) is 0 Å². The van der Waals surface area contributed by atoms with E-state index in [0.29, 0.717) is 21.1 Å². The van der Waals surface area contributed by atoms with E-state index < -0.39 is 38.6 Å². The Hall–Kier alpha value is -1.48. The van der Waals surface area contributed by atoms with Gasteiger partial charge in [0.2, 0.25) is 0 Å². The predicted molar refractivity (Wildman–Crippen MR) is 112 cm³/mol. The molecule has 0 aliphatic rings. The van der Waals surface area contributed by atoms with Gasteiger partial charge in [0.1, 0.15) is 5.69 Å². The molecule has 0 aliphatic heterocycles. The van der Waals surface area contributed by atoms with Crippen molar-refractivity contribution < 1.29 is 23.0 Å². The fourth-order valence-electron chi connectivity index (χ4n) is 2.57. The molecule has 0 radical (unpaired) electrons. The first kappa shape index (κ1) is 22.8. The van der Waals surface area contributed by atoms with E-state index in [1.807, 2.05) is 22.6 Å². The molecule has 2 aromatic carbocycles. The Kier molecular flexibility index (Phi) is 6.91. The highest BCUT2D eigenvalue weighted by Crippen LogP contribution is 2.49. The number of nitrogens with zero attached hydrogens (tertiary/aromatic N) is 3. The van der Waals surface area contributed by atoms with E-state index >= 15 is 0 Å². The number of alkyl halides is 3. The highest BCUT2D eigenvalue weighted by Gasteiger charge is 2.42. The molecule has 2 aromatic rings. The summed E-state index contributed by atoms with van der Waals surface area (Å²) < 4.78 is 42.7. The van der Waals surface area contributed by atoms with Crippen LogP contribution in [0, 0.1) is 23.8 Å². The van der Waals surface area contributed by atoms with Crippen LogP contribution in [0.4, 0.5) is 35.9 Å². The molecule has 0 heterocycles. The number of nitro groups is 2. The number of halogens is 6. The molecule has 0 saturated heterocycles. The molecule has 7 nitrogen and oxygen atoms in total. The summed E-state index contributed by atoms with van der Waals surface area (Å²) in [6.45, 7) is 1.45. The molecule has 13 heteroatoms. The van der Waals surface area contributed by atoms with Crippen LogP contribution in [-0.2, 0) is 6.18 Å². The van der Waals surface area contributed by atoms with E-state index in [2.05, 4.69) is 31.9 Å². The van der Waals surface area contributed by atoms with Crippen molar-refractivity contribution in [3.05, 3.63) is 62.6 Å². The molecule has 0 bridgehead atoms. The molecule has 0 saturated carbocycles. The number of anilines is 2. The number of rotatable bonds is 5. The second-order valence-electron chi connectivity index (χ2n) is 5.34. The van der Waals surface area contributed by atoms with E-state index in [9.17, 15) is 33.4 Å². The van der Waals surface area contributed by atoms with E-state index in [1.54, 1.807) is 12.1 Å². The molecule has 0 amide bonds. The Labute approximate surface area is 186 Å². The lowest BCUT2D eigenvalue weighted by Gasteiger charge is -2.28.